The van der Waals surface area contributed by atoms with Crippen molar-refractivity contribution in [3.8, 4) is 0 Å². The molecule has 2 rings (SSSR count). The lowest BCUT2D eigenvalue weighted by Gasteiger charge is -2.18. The molecule has 5 nitrogen and oxygen atoms in total. The Hall–Kier alpha value is -1.36. The highest BCUT2D eigenvalue weighted by Gasteiger charge is 2.36. The van der Waals surface area contributed by atoms with Gasteiger partial charge in [-0.05, 0) is 19.8 Å². The van der Waals surface area contributed by atoms with E-state index in [1.165, 1.54) is 6.20 Å². The summed E-state index contributed by atoms with van der Waals surface area (Å²) in [6.45, 7) is 2.61. The number of hydrogen-bond donors (Lipinski definition) is 1. The van der Waals surface area contributed by atoms with Crippen LogP contribution in [0.4, 0.5) is 0 Å². The minimum Gasteiger partial charge on any atom is -0.481 e. The molecule has 0 aliphatic carbocycles. The summed E-state index contributed by atoms with van der Waals surface area (Å²) in [5, 5.41) is 8.59. The third-order valence-corrected chi connectivity index (χ3v) is 2.55. The molecule has 0 aromatic carbocycles. The number of aliphatic carboxylic acids is 1. The fraction of sp³-hybridized carbons (Fsp3) is 0.600. The van der Waals surface area contributed by atoms with Crippen molar-refractivity contribution in [2.45, 2.75) is 31.8 Å². The van der Waals surface area contributed by atoms with E-state index in [0.717, 1.165) is 12.8 Å². The number of ether oxygens (including phenoxy) is 1. The molecular weight excluding hydrogens is 198 g/mol. The summed E-state index contributed by atoms with van der Waals surface area (Å²) >= 11 is 0. The van der Waals surface area contributed by atoms with Gasteiger partial charge in [-0.2, -0.15) is 0 Å². The first-order valence-corrected chi connectivity index (χ1v) is 4.91. The zero-order chi connectivity index (χ0) is 10.9. The lowest BCUT2D eigenvalue weighted by atomic mass is 10.0. The molecule has 0 amide bonds. The summed E-state index contributed by atoms with van der Waals surface area (Å²) in [6, 6.07) is 0. The van der Waals surface area contributed by atoms with Crippen LogP contribution >= 0.6 is 0 Å². The Morgan fingerprint density at radius 1 is 1.73 bits per heavy atom. The minimum absolute atomic E-state index is 0.136. The van der Waals surface area contributed by atoms with E-state index in [0.29, 0.717) is 18.3 Å². The Morgan fingerprint density at radius 3 is 3.13 bits per heavy atom. The Bertz CT molecular complexity index is 365. The van der Waals surface area contributed by atoms with Crippen molar-refractivity contribution in [1.82, 2.24) is 4.98 Å². The first-order valence-electron chi connectivity index (χ1n) is 4.91. The summed E-state index contributed by atoms with van der Waals surface area (Å²) in [6.07, 6.45) is 3.16. The SMILES string of the molecule is CC1(c2ncc(CC(=O)O)o2)CCCO1. The summed E-state index contributed by atoms with van der Waals surface area (Å²) in [4.78, 5) is 14.5. The van der Waals surface area contributed by atoms with Crippen molar-refractivity contribution in [2.75, 3.05) is 6.61 Å². The molecule has 15 heavy (non-hydrogen) atoms. The number of carbonyl (C=O) groups is 1. The molecule has 0 radical (unpaired) electrons. The highest BCUT2D eigenvalue weighted by atomic mass is 16.5. The molecule has 1 fully saturated rings. The second-order valence-corrected chi connectivity index (χ2v) is 3.89. The van der Waals surface area contributed by atoms with E-state index in [1.54, 1.807) is 0 Å². The van der Waals surface area contributed by atoms with Gasteiger partial charge in [0, 0.05) is 6.61 Å². The Balaban J connectivity index is 2.15. The molecule has 1 atom stereocenters. The lowest BCUT2D eigenvalue weighted by molar-refractivity contribution is -0.136. The standard InChI is InChI=1S/C10H13NO4/c1-10(3-2-4-14-10)9-11-6-7(15-9)5-8(12)13/h6H,2-5H2,1H3,(H,12,13). The number of carboxylic acids is 1. The van der Waals surface area contributed by atoms with Gasteiger partial charge in [-0.25, -0.2) is 4.98 Å². The topological polar surface area (TPSA) is 72.6 Å². The number of carboxylic acid groups (broad SMARTS) is 1. The van der Waals surface area contributed by atoms with Crippen LogP contribution in [0.1, 0.15) is 31.4 Å². The highest BCUT2D eigenvalue weighted by Crippen LogP contribution is 2.34. The number of rotatable bonds is 3. The first kappa shape index (κ1) is 10.2. The van der Waals surface area contributed by atoms with Crippen molar-refractivity contribution >= 4 is 5.97 Å². The molecule has 1 aromatic rings. The van der Waals surface area contributed by atoms with E-state index in [2.05, 4.69) is 4.98 Å². The van der Waals surface area contributed by atoms with Gasteiger partial charge in [0.05, 0.1) is 6.20 Å². The van der Waals surface area contributed by atoms with Gasteiger partial charge in [-0.1, -0.05) is 0 Å². The van der Waals surface area contributed by atoms with Gasteiger partial charge in [-0.15, -0.1) is 0 Å². The van der Waals surface area contributed by atoms with Crippen LogP contribution in [0.25, 0.3) is 0 Å². The van der Waals surface area contributed by atoms with Crippen LogP contribution in [0.2, 0.25) is 0 Å². The van der Waals surface area contributed by atoms with Crippen LogP contribution in [0.15, 0.2) is 10.6 Å². The second-order valence-electron chi connectivity index (χ2n) is 3.89. The van der Waals surface area contributed by atoms with Gasteiger partial charge in [0.2, 0.25) is 5.89 Å². The maximum Gasteiger partial charge on any atom is 0.311 e. The number of oxazole rings is 1. The molecule has 1 N–H and O–H groups in total. The molecule has 1 aliphatic rings. The van der Waals surface area contributed by atoms with E-state index in [1.807, 2.05) is 6.92 Å². The van der Waals surface area contributed by atoms with E-state index >= 15 is 0 Å². The van der Waals surface area contributed by atoms with E-state index in [9.17, 15) is 4.79 Å². The predicted octanol–water partition coefficient (Wildman–Crippen LogP) is 1.33. The highest BCUT2D eigenvalue weighted by molar-refractivity contribution is 5.69. The van der Waals surface area contributed by atoms with Crippen LogP contribution < -0.4 is 0 Å². The van der Waals surface area contributed by atoms with Crippen LogP contribution in [-0.4, -0.2) is 22.7 Å². The fourth-order valence-electron chi connectivity index (χ4n) is 1.73. The number of nitrogens with zero attached hydrogens (tertiary/aromatic N) is 1. The van der Waals surface area contributed by atoms with Crippen molar-refractivity contribution in [2.24, 2.45) is 0 Å². The van der Waals surface area contributed by atoms with Gasteiger partial charge >= 0.3 is 5.97 Å². The van der Waals surface area contributed by atoms with Crippen LogP contribution in [0.3, 0.4) is 0 Å². The van der Waals surface area contributed by atoms with Gasteiger partial charge in [0.15, 0.2) is 0 Å². The van der Waals surface area contributed by atoms with Crippen LogP contribution in [0.5, 0.6) is 0 Å². The molecule has 1 saturated heterocycles. The smallest absolute Gasteiger partial charge is 0.311 e. The third kappa shape index (κ3) is 2.02. The summed E-state index contributed by atoms with van der Waals surface area (Å²) in [7, 11) is 0. The predicted molar refractivity (Wildman–Crippen MR) is 50.4 cm³/mol. The Morgan fingerprint density at radius 2 is 2.53 bits per heavy atom. The quantitative estimate of drug-likeness (QED) is 0.816. The Labute approximate surface area is 87.1 Å². The number of aromatic nitrogens is 1. The normalized spacial score (nSPS) is 25.7. The zero-order valence-corrected chi connectivity index (χ0v) is 8.52. The first-order chi connectivity index (χ1) is 7.10. The summed E-state index contributed by atoms with van der Waals surface area (Å²) in [5.41, 5.74) is -0.475. The van der Waals surface area contributed by atoms with Crippen molar-refractivity contribution in [1.29, 1.82) is 0 Å². The lowest BCUT2D eigenvalue weighted by Crippen LogP contribution is -2.20. The maximum absolute atomic E-state index is 10.5. The maximum atomic E-state index is 10.5. The summed E-state index contributed by atoms with van der Waals surface area (Å²) in [5.74, 6) is -0.0688. The zero-order valence-electron chi connectivity index (χ0n) is 8.52. The monoisotopic (exact) mass is 211 g/mol. The third-order valence-electron chi connectivity index (χ3n) is 2.55. The molecule has 2 heterocycles. The molecule has 5 heteroatoms. The average Bonchev–Trinajstić information content (AvgIpc) is 2.74. The molecular formula is C10H13NO4. The molecule has 0 saturated carbocycles. The van der Waals surface area contributed by atoms with Crippen molar-refractivity contribution in [3.63, 3.8) is 0 Å². The van der Waals surface area contributed by atoms with Crippen molar-refractivity contribution in [3.05, 3.63) is 17.8 Å². The molecule has 0 bridgehead atoms. The number of hydrogen-bond acceptors (Lipinski definition) is 4. The molecule has 0 spiro atoms. The van der Waals surface area contributed by atoms with Gasteiger partial charge in [0.25, 0.3) is 0 Å². The molecule has 82 valence electrons. The van der Waals surface area contributed by atoms with Crippen molar-refractivity contribution < 1.29 is 19.1 Å². The minimum atomic E-state index is -0.921. The molecule has 1 unspecified atom stereocenters. The van der Waals surface area contributed by atoms with Gasteiger partial charge in [0.1, 0.15) is 17.8 Å². The average molecular weight is 211 g/mol. The Kier molecular flexibility index (Phi) is 2.48. The van der Waals surface area contributed by atoms with E-state index in [-0.39, 0.29) is 6.42 Å². The summed E-state index contributed by atoms with van der Waals surface area (Å²) < 4.78 is 10.9. The van der Waals surface area contributed by atoms with Crippen LogP contribution in [-0.2, 0) is 21.6 Å². The largest absolute Gasteiger partial charge is 0.481 e. The van der Waals surface area contributed by atoms with E-state index < -0.39 is 11.6 Å². The van der Waals surface area contributed by atoms with E-state index in [4.69, 9.17) is 14.3 Å². The molecule has 1 aliphatic heterocycles. The van der Waals surface area contributed by atoms with Gasteiger partial charge < -0.3 is 14.3 Å². The fourth-order valence-corrected chi connectivity index (χ4v) is 1.73. The van der Waals surface area contributed by atoms with Gasteiger partial charge in [-0.3, -0.25) is 4.79 Å². The molecule has 1 aromatic heterocycles. The van der Waals surface area contributed by atoms with Crippen LogP contribution in [0, 0.1) is 0 Å². The second kappa shape index (κ2) is 3.66.